The van der Waals surface area contributed by atoms with Crippen LogP contribution in [0.2, 0.25) is 5.02 Å². The molecule has 0 spiro atoms. The van der Waals surface area contributed by atoms with E-state index in [2.05, 4.69) is 15.6 Å². The van der Waals surface area contributed by atoms with Gasteiger partial charge in [0.05, 0.1) is 6.20 Å². The number of hydrogen-bond acceptors (Lipinski definition) is 4. The quantitative estimate of drug-likeness (QED) is 0.771. The monoisotopic (exact) mass is 328 g/mol. The van der Waals surface area contributed by atoms with Crippen molar-refractivity contribution in [2.75, 3.05) is 5.32 Å². The summed E-state index contributed by atoms with van der Waals surface area (Å²) in [6, 6.07) is 13.6. The van der Waals surface area contributed by atoms with Crippen molar-refractivity contribution in [1.82, 2.24) is 15.0 Å². The summed E-state index contributed by atoms with van der Waals surface area (Å²) < 4.78 is 1.45. The van der Waals surface area contributed by atoms with Gasteiger partial charge in [0.2, 0.25) is 5.91 Å². The Morgan fingerprint density at radius 3 is 2.74 bits per heavy atom. The number of rotatable bonds is 4. The first-order valence-electron chi connectivity index (χ1n) is 6.85. The van der Waals surface area contributed by atoms with Crippen molar-refractivity contribution in [1.29, 1.82) is 0 Å². The van der Waals surface area contributed by atoms with Crippen LogP contribution in [0, 0.1) is 0 Å². The van der Waals surface area contributed by atoms with Gasteiger partial charge in [0.15, 0.2) is 0 Å². The number of phenolic OH excluding ortho intramolecular Hbond substituents is 1. The number of halogens is 1. The maximum absolute atomic E-state index is 12.0. The number of carbonyl (C=O) groups is 1. The zero-order valence-corrected chi connectivity index (χ0v) is 12.7. The van der Waals surface area contributed by atoms with Crippen LogP contribution in [0.25, 0.3) is 11.3 Å². The van der Waals surface area contributed by atoms with E-state index >= 15 is 0 Å². The number of anilines is 1. The topological polar surface area (TPSA) is 80.0 Å². The third-order valence-corrected chi connectivity index (χ3v) is 3.37. The van der Waals surface area contributed by atoms with Gasteiger partial charge in [-0.1, -0.05) is 35.0 Å². The highest BCUT2D eigenvalue weighted by Gasteiger charge is 2.08. The number of amides is 1. The summed E-state index contributed by atoms with van der Waals surface area (Å²) in [6.07, 6.45) is 1.69. The lowest BCUT2D eigenvalue weighted by Crippen LogP contribution is -2.19. The molecule has 0 atom stereocenters. The Kier molecular flexibility index (Phi) is 4.25. The van der Waals surface area contributed by atoms with E-state index in [0.717, 1.165) is 5.56 Å². The maximum atomic E-state index is 12.0. The SMILES string of the molecule is O=C(Cn1cc(-c2ccc(Cl)cc2)nn1)Nc1cccc(O)c1. The molecule has 2 N–H and O–H groups in total. The van der Waals surface area contributed by atoms with Crippen molar-refractivity contribution >= 4 is 23.2 Å². The number of nitrogens with one attached hydrogen (secondary N) is 1. The van der Waals surface area contributed by atoms with Gasteiger partial charge in [0.25, 0.3) is 0 Å². The molecule has 0 unspecified atom stereocenters. The lowest BCUT2D eigenvalue weighted by Gasteiger charge is -2.05. The number of nitrogens with zero attached hydrogens (tertiary/aromatic N) is 3. The molecule has 0 fully saturated rings. The van der Waals surface area contributed by atoms with E-state index in [1.165, 1.54) is 16.8 Å². The largest absolute Gasteiger partial charge is 0.508 e. The van der Waals surface area contributed by atoms with Crippen LogP contribution in [-0.4, -0.2) is 26.0 Å². The molecule has 0 aliphatic carbocycles. The molecule has 1 amide bonds. The molecule has 1 aromatic heterocycles. The minimum atomic E-state index is -0.261. The van der Waals surface area contributed by atoms with Crippen LogP contribution in [-0.2, 0) is 11.3 Å². The molecule has 0 aliphatic heterocycles. The van der Waals surface area contributed by atoms with E-state index in [4.69, 9.17) is 11.6 Å². The standard InChI is InChI=1S/C16H13ClN4O2/c17-12-6-4-11(5-7-12)15-9-21(20-19-15)10-16(23)18-13-2-1-3-14(22)8-13/h1-9,22H,10H2,(H,18,23). The van der Waals surface area contributed by atoms with E-state index in [9.17, 15) is 9.90 Å². The van der Waals surface area contributed by atoms with Gasteiger partial charge in [0.1, 0.15) is 18.0 Å². The Balaban J connectivity index is 1.66. The molecule has 0 saturated heterocycles. The molecule has 23 heavy (non-hydrogen) atoms. The highest BCUT2D eigenvalue weighted by Crippen LogP contribution is 2.19. The van der Waals surface area contributed by atoms with Gasteiger partial charge in [-0.2, -0.15) is 0 Å². The molecule has 0 saturated carbocycles. The fourth-order valence-corrected chi connectivity index (χ4v) is 2.19. The highest BCUT2D eigenvalue weighted by atomic mass is 35.5. The van der Waals surface area contributed by atoms with E-state index in [1.54, 1.807) is 30.5 Å². The Morgan fingerprint density at radius 2 is 2.00 bits per heavy atom. The summed E-state index contributed by atoms with van der Waals surface area (Å²) in [5, 5.41) is 20.7. The second kappa shape index (κ2) is 6.50. The highest BCUT2D eigenvalue weighted by molar-refractivity contribution is 6.30. The summed E-state index contributed by atoms with van der Waals surface area (Å²) in [7, 11) is 0. The molecule has 3 aromatic rings. The summed E-state index contributed by atoms with van der Waals surface area (Å²) in [4.78, 5) is 12.0. The fraction of sp³-hybridized carbons (Fsp3) is 0.0625. The van der Waals surface area contributed by atoms with Crippen LogP contribution < -0.4 is 5.32 Å². The van der Waals surface area contributed by atoms with Gasteiger partial charge in [-0.3, -0.25) is 4.79 Å². The van der Waals surface area contributed by atoms with Gasteiger partial charge >= 0.3 is 0 Å². The van der Waals surface area contributed by atoms with E-state index < -0.39 is 0 Å². The van der Waals surface area contributed by atoms with E-state index in [1.807, 2.05) is 12.1 Å². The molecule has 3 rings (SSSR count). The lowest BCUT2D eigenvalue weighted by atomic mass is 10.2. The minimum absolute atomic E-state index is 0.0241. The molecule has 0 radical (unpaired) electrons. The van der Waals surface area contributed by atoms with Crippen LogP contribution in [0.4, 0.5) is 5.69 Å². The maximum Gasteiger partial charge on any atom is 0.246 e. The lowest BCUT2D eigenvalue weighted by molar-refractivity contribution is -0.116. The Bertz CT molecular complexity index is 830. The predicted octanol–water partition coefficient (Wildman–Crippen LogP) is 2.94. The number of phenols is 1. The minimum Gasteiger partial charge on any atom is -0.508 e. The Hall–Kier alpha value is -2.86. The Labute approximate surface area is 137 Å². The number of benzene rings is 2. The third-order valence-electron chi connectivity index (χ3n) is 3.11. The summed E-state index contributed by atoms with van der Waals surface area (Å²) >= 11 is 5.85. The van der Waals surface area contributed by atoms with Crippen molar-refractivity contribution in [2.45, 2.75) is 6.54 Å². The molecule has 116 valence electrons. The molecule has 2 aromatic carbocycles. The smallest absolute Gasteiger partial charge is 0.246 e. The average molecular weight is 329 g/mol. The molecule has 0 bridgehead atoms. The molecule has 1 heterocycles. The number of aromatic nitrogens is 3. The average Bonchev–Trinajstić information content (AvgIpc) is 2.96. The molecule has 6 nitrogen and oxygen atoms in total. The predicted molar refractivity (Wildman–Crippen MR) is 87.2 cm³/mol. The van der Waals surface area contributed by atoms with Crippen molar-refractivity contribution in [3.8, 4) is 17.0 Å². The van der Waals surface area contributed by atoms with Gasteiger partial charge < -0.3 is 10.4 Å². The van der Waals surface area contributed by atoms with Gasteiger partial charge in [-0.25, -0.2) is 4.68 Å². The van der Waals surface area contributed by atoms with Crippen LogP contribution >= 0.6 is 11.6 Å². The second-order valence-corrected chi connectivity index (χ2v) is 5.34. The Morgan fingerprint density at radius 1 is 1.22 bits per heavy atom. The van der Waals surface area contributed by atoms with Crippen LogP contribution in [0.3, 0.4) is 0 Å². The van der Waals surface area contributed by atoms with Crippen LogP contribution in [0.1, 0.15) is 0 Å². The van der Waals surface area contributed by atoms with Crippen molar-refractivity contribution in [3.63, 3.8) is 0 Å². The van der Waals surface area contributed by atoms with Gasteiger partial charge in [-0.05, 0) is 24.3 Å². The first kappa shape index (κ1) is 15.1. The molecule has 7 heteroatoms. The molecular weight excluding hydrogens is 316 g/mol. The first-order valence-corrected chi connectivity index (χ1v) is 7.23. The van der Waals surface area contributed by atoms with Crippen molar-refractivity contribution in [2.24, 2.45) is 0 Å². The zero-order chi connectivity index (χ0) is 16.2. The van der Waals surface area contributed by atoms with Crippen molar-refractivity contribution in [3.05, 3.63) is 59.8 Å². The summed E-state index contributed by atoms with van der Waals surface area (Å²) in [6.45, 7) is 0.0241. The van der Waals surface area contributed by atoms with E-state index in [-0.39, 0.29) is 18.2 Å². The molecule has 0 aliphatic rings. The van der Waals surface area contributed by atoms with Gasteiger partial charge in [0, 0.05) is 22.3 Å². The number of hydrogen-bond donors (Lipinski definition) is 2. The second-order valence-electron chi connectivity index (χ2n) is 4.91. The van der Waals surface area contributed by atoms with Gasteiger partial charge in [-0.15, -0.1) is 5.10 Å². The first-order chi connectivity index (χ1) is 11.1. The van der Waals surface area contributed by atoms with Crippen LogP contribution in [0.15, 0.2) is 54.7 Å². The van der Waals surface area contributed by atoms with E-state index in [0.29, 0.717) is 16.4 Å². The van der Waals surface area contributed by atoms with Crippen molar-refractivity contribution < 1.29 is 9.90 Å². The normalized spacial score (nSPS) is 10.5. The number of aromatic hydroxyl groups is 1. The summed E-state index contributed by atoms with van der Waals surface area (Å²) in [5.41, 5.74) is 2.05. The zero-order valence-electron chi connectivity index (χ0n) is 12.0. The summed E-state index contributed by atoms with van der Waals surface area (Å²) in [5.74, 6) is -0.170. The van der Waals surface area contributed by atoms with Crippen LogP contribution in [0.5, 0.6) is 5.75 Å². The molecular formula is C16H13ClN4O2. The fourth-order valence-electron chi connectivity index (χ4n) is 2.06. The number of carbonyl (C=O) groups excluding carboxylic acids is 1. The third kappa shape index (κ3) is 3.87.